The lowest BCUT2D eigenvalue weighted by Crippen LogP contribution is -2.52. The van der Waals surface area contributed by atoms with Crippen molar-refractivity contribution < 1.29 is 23.9 Å². The molecular formula is C39H54N6O5. The fourth-order valence-corrected chi connectivity index (χ4v) is 8.92. The van der Waals surface area contributed by atoms with E-state index in [2.05, 4.69) is 48.3 Å². The Hall–Kier alpha value is -3.99. The summed E-state index contributed by atoms with van der Waals surface area (Å²) in [4.78, 5) is 51.3. The second-order valence-corrected chi connectivity index (χ2v) is 15.2. The van der Waals surface area contributed by atoms with Crippen molar-refractivity contribution in [3.05, 3.63) is 53.1 Å². The van der Waals surface area contributed by atoms with Crippen LogP contribution in [0.15, 0.2) is 36.4 Å². The van der Waals surface area contributed by atoms with Crippen LogP contribution in [0.4, 0.5) is 21.0 Å². The van der Waals surface area contributed by atoms with E-state index in [0.717, 1.165) is 78.6 Å². The third-order valence-corrected chi connectivity index (χ3v) is 11.9. The minimum absolute atomic E-state index is 0.0354. The maximum Gasteiger partial charge on any atom is 0.410 e. The summed E-state index contributed by atoms with van der Waals surface area (Å²) in [5.74, 6) is 2.08. The van der Waals surface area contributed by atoms with Gasteiger partial charge in [-0.15, -0.1) is 0 Å². The molecule has 50 heavy (non-hydrogen) atoms. The normalized spacial score (nSPS) is 21.9. The molecule has 270 valence electrons. The third-order valence-electron chi connectivity index (χ3n) is 11.9. The van der Waals surface area contributed by atoms with Crippen LogP contribution in [0.5, 0.6) is 5.75 Å². The minimum atomic E-state index is -0.922. The Morgan fingerprint density at radius 2 is 1.56 bits per heavy atom. The highest BCUT2D eigenvalue weighted by Gasteiger charge is 2.37. The van der Waals surface area contributed by atoms with E-state index in [-0.39, 0.29) is 18.0 Å². The van der Waals surface area contributed by atoms with Gasteiger partial charge in [0.25, 0.3) is 5.91 Å². The summed E-state index contributed by atoms with van der Waals surface area (Å²) in [7, 11) is 4.27. The van der Waals surface area contributed by atoms with Gasteiger partial charge < -0.3 is 39.3 Å². The van der Waals surface area contributed by atoms with Gasteiger partial charge in [0.05, 0.1) is 12.2 Å². The molecule has 1 atom stereocenters. The topological polar surface area (TPSA) is 97.9 Å². The first-order chi connectivity index (χ1) is 24.2. The third kappa shape index (κ3) is 7.53. The largest absolute Gasteiger partial charge is 0.490 e. The van der Waals surface area contributed by atoms with Gasteiger partial charge in [-0.1, -0.05) is 24.3 Å². The first-order valence-electron chi connectivity index (χ1n) is 18.8. The van der Waals surface area contributed by atoms with Crippen molar-refractivity contribution in [1.82, 2.24) is 19.6 Å². The van der Waals surface area contributed by atoms with Gasteiger partial charge in [-0.2, -0.15) is 0 Å². The number of anilines is 2. The molecule has 11 nitrogen and oxygen atoms in total. The van der Waals surface area contributed by atoms with Crippen molar-refractivity contribution in [1.29, 1.82) is 0 Å². The zero-order valence-corrected chi connectivity index (χ0v) is 30.1. The molecule has 3 fully saturated rings. The molecule has 11 heteroatoms. The predicted octanol–water partition coefficient (Wildman–Crippen LogP) is 5.01. The number of hydrogen-bond donors (Lipinski definition) is 1. The number of nitrogens with zero attached hydrogens (tertiary/aromatic N) is 5. The first kappa shape index (κ1) is 34.5. The van der Waals surface area contributed by atoms with Crippen molar-refractivity contribution in [2.45, 2.75) is 70.4 Å². The van der Waals surface area contributed by atoms with Crippen molar-refractivity contribution in [2.75, 3.05) is 83.3 Å². The number of likely N-dealkylation sites (N-methyl/N-ethyl adjacent to an activating group) is 1. The Morgan fingerprint density at radius 3 is 2.30 bits per heavy atom. The Balaban J connectivity index is 1.01. The fourth-order valence-electron chi connectivity index (χ4n) is 8.92. The SMILES string of the molecule is Cc1cc(C[C@@H](OC(=O)N2CCC(N3CCc4ccccc4NC3=O)CC2)C(=O)N2CCC(C3CCN(C)CC3)CC2)cc2c1N(C)CCO2. The molecule has 0 aromatic heterocycles. The van der Waals surface area contributed by atoms with Crippen molar-refractivity contribution in [3.8, 4) is 5.75 Å². The molecule has 0 saturated carbocycles. The van der Waals surface area contributed by atoms with Crippen molar-refractivity contribution >= 4 is 29.4 Å². The Kier molecular flexibility index (Phi) is 10.4. The van der Waals surface area contributed by atoms with Gasteiger partial charge in [0.15, 0.2) is 6.10 Å². The monoisotopic (exact) mass is 686 g/mol. The van der Waals surface area contributed by atoms with Gasteiger partial charge in [0, 0.05) is 57.9 Å². The van der Waals surface area contributed by atoms with Gasteiger partial charge in [-0.3, -0.25) is 4.79 Å². The van der Waals surface area contributed by atoms with Crippen LogP contribution in [-0.4, -0.2) is 123 Å². The van der Waals surface area contributed by atoms with E-state index in [1.54, 1.807) is 4.90 Å². The molecule has 0 radical (unpaired) electrons. The maximum absolute atomic E-state index is 14.2. The number of likely N-dealkylation sites (tertiary alicyclic amines) is 3. The van der Waals surface area contributed by atoms with E-state index in [0.29, 0.717) is 64.5 Å². The van der Waals surface area contributed by atoms with E-state index in [9.17, 15) is 14.4 Å². The van der Waals surface area contributed by atoms with Gasteiger partial charge in [0.1, 0.15) is 12.4 Å². The number of nitrogens with one attached hydrogen (secondary N) is 1. The van der Waals surface area contributed by atoms with E-state index in [4.69, 9.17) is 9.47 Å². The number of fused-ring (bicyclic) bond motifs is 2. The number of urea groups is 1. The average molecular weight is 687 g/mol. The highest BCUT2D eigenvalue weighted by Crippen LogP contribution is 2.36. The number of amides is 4. The number of ether oxygens (including phenoxy) is 2. The molecule has 2 aromatic carbocycles. The number of piperidine rings is 3. The van der Waals surface area contributed by atoms with E-state index in [1.807, 2.05) is 34.1 Å². The Morgan fingerprint density at radius 1 is 0.880 bits per heavy atom. The van der Waals surface area contributed by atoms with Crippen LogP contribution in [0.25, 0.3) is 0 Å². The van der Waals surface area contributed by atoms with Gasteiger partial charge in [-0.05, 0) is 113 Å². The van der Waals surface area contributed by atoms with Gasteiger partial charge in [0.2, 0.25) is 0 Å². The molecule has 0 aliphatic carbocycles. The number of aryl methyl sites for hydroxylation is 1. The molecule has 1 N–H and O–H groups in total. The summed E-state index contributed by atoms with van der Waals surface area (Å²) in [6.45, 7) is 8.80. The Bertz CT molecular complexity index is 1540. The lowest BCUT2D eigenvalue weighted by molar-refractivity contribution is -0.142. The molecule has 0 bridgehead atoms. The lowest BCUT2D eigenvalue weighted by atomic mass is 9.79. The predicted molar refractivity (Wildman–Crippen MR) is 194 cm³/mol. The molecule has 7 rings (SSSR count). The number of hydrogen-bond acceptors (Lipinski definition) is 7. The number of rotatable bonds is 6. The number of carbonyl (C=O) groups excluding carboxylic acids is 3. The quantitative estimate of drug-likeness (QED) is 0.457. The van der Waals surface area contributed by atoms with Crippen LogP contribution in [0.2, 0.25) is 0 Å². The first-order valence-corrected chi connectivity index (χ1v) is 18.8. The molecule has 3 saturated heterocycles. The minimum Gasteiger partial charge on any atom is -0.490 e. The number of carbonyl (C=O) groups is 3. The van der Waals surface area contributed by atoms with E-state index >= 15 is 0 Å². The second kappa shape index (κ2) is 15.1. The van der Waals surface area contributed by atoms with Crippen LogP contribution in [0.1, 0.15) is 55.2 Å². The summed E-state index contributed by atoms with van der Waals surface area (Å²) in [6.07, 6.45) is 5.51. The highest BCUT2D eigenvalue weighted by molar-refractivity contribution is 5.91. The summed E-state index contributed by atoms with van der Waals surface area (Å²) >= 11 is 0. The van der Waals surface area contributed by atoms with Gasteiger partial charge >= 0.3 is 12.1 Å². The smallest absolute Gasteiger partial charge is 0.410 e. The summed E-state index contributed by atoms with van der Waals surface area (Å²) in [5, 5.41) is 3.07. The molecular weight excluding hydrogens is 632 g/mol. The molecule has 5 aliphatic rings. The van der Waals surface area contributed by atoms with Gasteiger partial charge in [-0.25, -0.2) is 9.59 Å². The summed E-state index contributed by atoms with van der Waals surface area (Å²) in [6, 6.07) is 12.0. The van der Waals surface area contributed by atoms with Crippen molar-refractivity contribution in [3.63, 3.8) is 0 Å². The van der Waals surface area contributed by atoms with E-state index in [1.165, 1.54) is 12.8 Å². The number of benzene rings is 2. The molecule has 5 aliphatic heterocycles. The molecule has 2 aromatic rings. The summed E-state index contributed by atoms with van der Waals surface area (Å²) < 4.78 is 12.2. The lowest BCUT2D eigenvalue weighted by Gasteiger charge is -2.40. The fraction of sp³-hybridized carbons (Fsp3) is 0.615. The molecule has 0 unspecified atom stereocenters. The van der Waals surface area contributed by atoms with Crippen LogP contribution in [0, 0.1) is 18.8 Å². The van der Waals surface area contributed by atoms with Crippen LogP contribution >= 0.6 is 0 Å². The van der Waals surface area contributed by atoms with Crippen LogP contribution < -0.4 is 15.0 Å². The molecule has 4 amide bonds. The second-order valence-electron chi connectivity index (χ2n) is 15.2. The zero-order valence-electron chi connectivity index (χ0n) is 30.1. The standard InChI is InChI=1S/C39H54N6O5/c1-27-24-28(25-34-36(27)42(3)22-23-49-34)26-35(37(46)43-17-10-30(11-18-43)29-8-15-41(2)16-9-29)50-39(48)44-19-13-32(14-20-44)45-21-12-31-6-4-5-7-33(31)40-38(45)47/h4-7,24-25,29-30,32,35H,8-23,26H2,1-3H3,(H,40,47)/t35-/m1/s1. The van der Waals surface area contributed by atoms with E-state index < -0.39 is 12.2 Å². The molecule has 0 spiro atoms. The highest BCUT2D eigenvalue weighted by atomic mass is 16.6. The van der Waals surface area contributed by atoms with Crippen LogP contribution in [-0.2, 0) is 22.4 Å². The molecule has 5 heterocycles. The summed E-state index contributed by atoms with van der Waals surface area (Å²) in [5.41, 5.74) is 5.09. The average Bonchev–Trinajstić information content (AvgIpc) is 3.29. The zero-order chi connectivity index (χ0) is 34.8. The Labute approximate surface area is 296 Å². The number of para-hydroxylation sites is 1. The van der Waals surface area contributed by atoms with Crippen LogP contribution in [0.3, 0.4) is 0 Å². The van der Waals surface area contributed by atoms with Crippen molar-refractivity contribution in [2.24, 2.45) is 11.8 Å². The maximum atomic E-state index is 14.2.